The van der Waals surface area contributed by atoms with Crippen LogP contribution in [0.5, 0.6) is 0 Å². The van der Waals surface area contributed by atoms with Gasteiger partial charge in [0.1, 0.15) is 67.1 Å². The standard InChI is InChI=1S/C50H80O19/c1-22-31(54)33(56)37(60)42(63-22)68-39-34(57)32(55)26(20-51)65-43(39)69-40-36(59)35(58)38(41(61)62)67-44(40)66-29-13-14-47(6)27(48(29,7)21-52)12-15-50(9)28(47)11-10-24-25-18-45(3,4)19-30(64-23(2)53)46(25,5)16-17-49(24,50)8/h10,22,25-40,42-44,51-52,54-60H,11-21H2,1-9H3,(H,61,62)/t22-,25-,26+,27?,28+,29-,30+,31-,32-,33+,34-,35-,36-,37+,38-,39+,40+,42-,43-,44+,46+,47-,48+,49+,50+/m0/s1. The minimum absolute atomic E-state index is 0.0244. The van der Waals surface area contributed by atoms with E-state index in [0.717, 1.165) is 44.9 Å². The van der Waals surface area contributed by atoms with Gasteiger partial charge in [0.2, 0.25) is 0 Å². The molecule has 19 nitrogen and oxygen atoms in total. The van der Waals surface area contributed by atoms with Crippen molar-refractivity contribution < 1.29 is 93.8 Å². The lowest BCUT2D eigenvalue weighted by Crippen LogP contribution is -2.68. The molecule has 3 heterocycles. The number of aliphatic hydroxyl groups is 9. The average Bonchev–Trinajstić information content (AvgIpc) is 3.28. The molecule has 7 fully saturated rings. The molecular formula is C50H80O19. The Morgan fingerprint density at radius 2 is 1.30 bits per heavy atom. The molecule has 0 spiro atoms. The molecule has 0 aromatic heterocycles. The highest BCUT2D eigenvalue weighted by Gasteiger charge is 2.70. The van der Waals surface area contributed by atoms with Gasteiger partial charge >= 0.3 is 11.9 Å². The number of carbonyl (C=O) groups excluding carboxylic acids is 1. The summed E-state index contributed by atoms with van der Waals surface area (Å²) in [6.07, 6.45) is -17.7. The molecule has 10 N–H and O–H groups in total. The van der Waals surface area contributed by atoms with Crippen LogP contribution in [0.3, 0.4) is 0 Å². The van der Waals surface area contributed by atoms with Crippen molar-refractivity contribution in [1.82, 2.24) is 0 Å². The Kier molecular flexibility index (Phi) is 14.5. The molecule has 0 amide bonds. The first-order valence-electron chi connectivity index (χ1n) is 25.1. The SMILES string of the molecule is CC(=O)O[C@@H]1CC(C)(C)C[C@H]2C3=CC[C@@H]4[C@@]5(C)CC[C@H](O[C@@H]6O[C@H](C(=O)O)[C@@H](O)[C@H](O)[C@H]6O[C@@H]6O[C@H](CO)[C@H](O)[C@H](O)[C@H]6O[C@@H]6O[C@@H](C)[C@H](O)[C@@H](O)[C@H]6O)[C@](C)(CO)C5CC[C@@]4(C)[C@]3(C)CC[C@@]12C. The third kappa shape index (κ3) is 8.56. The molecule has 0 aromatic carbocycles. The number of aliphatic hydroxyl groups excluding tert-OH is 9. The monoisotopic (exact) mass is 985 g/mol. The third-order valence-corrected chi connectivity index (χ3v) is 19.8. The number of esters is 1. The van der Waals surface area contributed by atoms with Crippen molar-refractivity contribution in [2.24, 2.45) is 50.2 Å². The molecule has 8 rings (SSSR count). The molecule has 3 aliphatic heterocycles. The Hall–Kier alpha value is -1.92. The fourth-order valence-electron chi connectivity index (χ4n) is 15.5. The summed E-state index contributed by atoms with van der Waals surface area (Å²) in [5, 5.41) is 108. The number of aliphatic carboxylic acids is 1. The largest absolute Gasteiger partial charge is 0.479 e. The number of rotatable bonds is 10. The molecule has 8 aliphatic rings. The Morgan fingerprint density at radius 3 is 1.93 bits per heavy atom. The number of hydrogen-bond donors (Lipinski definition) is 10. The summed E-state index contributed by atoms with van der Waals surface area (Å²) in [5.41, 5.74) is -0.243. The number of hydrogen-bond acceptors (Lipinski definition) is 18. The maximum atomic E-state index is 12.5. The third-order valence-electron chi connectivity index (χ3n) is 19.8. The lowest BCUT2D eigenvalue weighted by atomic mass is 9.33. The normalized spacial score (nSPS) is 53.9. The van der Waals surface area contributed by atoms with Crippen molar-refractivity contribution in [3.05, 3.63) is 11.6 Å². The smallest absolute Gasteiger partial charge is 0.335 e. The molecule has 0 radical (unpaired) electrons. The zero-order valence-corrected chi connectivity index (χ0v) is 41.5. The van der Waals surface area contributed by atoms with Crippen molar-refractivity contribution in [2.45, 2.75) is 224 Å². The van der Waals surface area contributed by atoms with Crippen molar-refractivity contribution in [2.75, 3.05) is 13.2 Å². The van der Waals surface area contributed by atoms with Gasteiger partial charge in [-0.1, -0.05) is 60.1 Å². The number of carboxylic acids is 1. The molecule has 394 valence electrons. The molecule has 4 saturated carbocycles. The van der Waals surface area contributed by atoms with Gasteiger partial charge in [0.15, 0.2) is 25.0 Å². The van der Waals surface area contributed by atoms with E-state index in [4.69, 9.17) is 33.2 Å². The number of fused-ring (bicyclic) bond motifs is 7. The zero-order chi connectivity index (χ0) is 50.7. The maximum Gasteiger partial charge on any atom is 0.335 e. The van der Waals surface area contributed by atoms with E-state index in [0.29, 0.717) is 12.8 Å². The maximum absolute atomic E-state index is 12.5. The minimum atomic E-state index is -2.08. The van der Waals surface area contributed by atoms with Gasteiger partial charge in [0, 0.05) is 17.8 Å². The molecule has 69 heavy (non-hydrogen) atoms. The van der Waals surface area contributed by atoms with E-state index < -0.39 is 116 Å². The molecule has 5 aliphatic carbocycles. The quantitative estimate of drug-likeness (QED) is 0.0838. The van der Waals surface area contributed by atoms with Crippen LogP contribution >= 0.6 is 0 Å². The summed E-state index contributed by atoms with van der Waals surface area (Å²) in [4.78, 5) is 25.0. The molecule has 25 atom stereocenters. The number of allylic oxidation sites excluding steroid dienone is 2. The van der Waals surface area contributed by atoms with Crippen molar-refractivity contribution >= 4 is 11.9 Å². The summed E-state index contributed by atoms with van der Waals surface area (Å²) in [7, 11) is 0. The van der Waals surface area contributed by atoms with Crippen LogP contribution in [-0.4, -0.2) is 181 Å². The van der Waals surface area contributed by atoms with Gasteiger partial charge in [-0.3, -0.25) is 4.79 Å². The van der Waals surface area contributed by atoms with E-state index >= 15 is 0 Å². The molecule has 0 aromatic rings. The van der Waals surface area contributed by atoms with Crippen molar-refractivity contribution in [3.63, 3.8) is 0 Å². The summed E-state index contributed by atoms with van der Waals surface area (Å²) in [6.45, 7) is 17.8. The second-order valence-electron chi connectivity index (χ2n) is 24.2. The van der Waals surface area contributed by atoms with Crippen LogP contribution < -0.4 is 0 Å². The van der Waals surface area contributed by atoms with E-state index in [-0.39, 0.29) is 63.5 Å². The van der Waals surface area contributed by atoms with Crippen LogP contribution in [-0.2, 0) is 42.7 Å². The molecule has 0 bridgehead atoms. The van der Waals surface area contributed by atoms with E-state index in [1.54, 1.807) is 0 Å². The Bertz CT molecular complexity index is 1930. The lowest BCUT2D eigenvalue weighted by Gasteiger charge is -2.72. The van der Waals surface area contributed by atoms with E-state index in [9.17, 15) is 60.7 Å². The van der Waals surface area contributed by atoms with E-state index in [2.05, 4.69) is 47.6 Å². The molecule has 3 saturated heterocycles. The van der Waals surface area contributed by atoms with Gasteiger partial charge in [-0.15, -0.1) is 0 Å². The van der Waals surface area contributed by atoms with Gasteiger partial charge < -0.3 is 84.2 Å². The summed E-state index contributed by atoms with van der Waals surface area (Å²) in [6, 6.07) is 0. The van der Waals surface area contributed by atoms with Gasteiger partial charge in [0.25, 0.3) is 0 Å². The van der Waals surface area contributed by atoms with Gasteiger partial charge in [-0.25, -0.2) is 4.79 Å². The average molecular weight is 985 g/mol. The summed E-state index contributed by atoms with van der Waals surface area (Å²) >= 11 is 0. The van der Waals surface area contributed by atoms with Crippen LogP contribution in [0.1, 0.15) is 120 Å². The van der Waals surface area contributed by atoms with Crippen LogP contribution in [0.25, 0.3) is 0 Å². The fourth-order valence-corrected chi connectivity index (χ4v) is 15.5. The first-order valence-corrected chi connectivity index (χ1v) is 25.1. The highest BCUT2D eigenvalue weighted by Crippen LogP contribution is 2.76. The van der Waals surface area contributed by atoms with Gasteiger partial charge in [-0.2, -0.15) is 0 Å². The topological polar surface area (TPSA) is 301 Å². The zero-order valence-electron chi connectivity index (χ0n) is 41.5. The predicted octanol–water partition coefficient (Wildman–Crippen LogP) is 1.28. The van der Waals surface area contributed by atoms with Crippen LogP contribution in [0.15, 0.2) is 11.6 Å². The Labute approximate surface area is 404 Å². The van der Waals surface area contributed by atoms with Gasteiger partial charge in [-0.05, 0) is 104 Å². The highest BCUT2D eigenvalue weighted by atomic mass is 16.8. The molecule has 1 unspecified atom stereocenters. The van der Waals surface area contributed by atoms with Crippen LogP contribution in [0, 0.1) is 50.2 Å². The number of carboxylic acid groups (broad SMARTS) is 1. The van der Waals surface area contributed by atoms with E-state index in [1.807, 2.05) is 6.92 Å². The second-order valence-corrected chi connectivity index (χ2v) is 24.2. The highest BCUT2D eigenvalue weighted by molar-refractivity contribution is 5.73. The Morgan fingerprint density at radius 1 is 0.667 bits per heavy atom. The van der Waals surface area contributed by atoms with E-state index in [1.165, 1.54) is 19.4 Å². The van der Waals surface area contributed by atoms with Crippen LogP contribution in [0.4, 0.5) is 0 Å². The Balaban J connectivity index is 1.08. The minimum Gasteiger partial charge on any atom is -0.479 e. The summed E-state index contributed by atoms with van der Waals surface area (Å²) in [5.74, 6) is -1.49. The van der Waals surface area contributed by atoms with Crippen LogP contribution in [0.2, 0.25) is 0 Å². The molecular weight excluding hydrogens is 905 g/mol. The first-order chi connectivity index (χ1) is 32.1. The fraction of sp³-hybridized carbons (Fsp3) is 0.920. The second kappa shape index (κ2) is 18.8. The predicted molar refractivity (Wildman–Crippen MR) is 240 cm³/mol. The van der Waals surface area contributed by atoms with Gasteiger partial charge in [0.05, 0.1) is 25.4 Å². The summed E-state index contributed by atoms with van der Waals surface area (Å²) < 4.78 is 42.4. The van der Waals surface area contributed by atoms with Crippen molar-refractivity contribution in [3.8, 4) is 0 Å². The first kappa shape index (κ1) is 53.4. The number of carbonyl (C=O) groups is 2. The lowest BCUT2D eigenvalue weighted by molar-refractivity contribution is -0.396. The van der Waals surface area contributed by atoms with Crippen molar-refractivity contribution in [1.29, 1.82) is 0 Å². The molecule has 19 heteroatoms. The number of ether oxygens (including phenoxy) is 7.